The molecule has 1 saturated heterocycles. The average Bonchev–Trinajstić information content (AvgIpc) is 3.17. The SMILES string of the molecule is CC(C)(C)[C@]1(CN2C[C@@]3(CCCc4cc(Cl)ccc43)COc3ccc(I)cc32)CCCN1C(=O)O. The number of hydrogen-bond acceptors (Lipinski definition) is 3. The normalized spacial score (nSPS) is 26.2. The molecule has 1 fully saturated rings. The Bertz CT molecular complexity index is 1150. The number of nitrogens with zero attached hydrogens (tertiary/aromatic N) is 2. The molecule has 2 atom stereocenters. The van der Waals surface area contributed by atoms with Crippen molar-refractivity contribution in [3.05, 3.63) is 56.1 Å². The predicted molar refractivity (Wildman–Crippen MR) is 149 cm³/mol. The summed E-state index contributed by atoms with van der Waals surface area (Å²) in [5, 5.41) is 11.0. The second-order valence-corrected chi connectivity index (χ2v) is 13.2. The molecule has 0 radical (unpaired) electrons. The standard InChI is InChI=1S/C28H34ClIN2O3/c1-26(2,3)28(12-5-13-32(28)25(33)34)17-31-16-27(18-35-24-10-8-21(30)15-23(24)31)11-4-6-19-14-20(29)7-9-22(19)27/h7-10,14-15H,4-6,11-13,16-18H2,1-3H3,(H,33,34)/t27-,28+/m0/s1. The lowest BCUT2D eigenvalue weighted by molar-refractivity contribution is 0.0347. The van der Waals surface area contributed by atoms with E-state index in [4.69, 9.17) is 16.3 Å². The Morgan fingerprint density at radius 3 is 2.71 bits per heavy atom. The number of likely N-dealkylation sites (tertiary alicyclic amines) is 1. The highest BCUT2D eigenvalue weighted by atomic mass is 127. The molecule has 1 amide bonds. The Kier molecular flexibility index (Phi) is 6.44. The second kappa shape index (κ2) is 9.02. The van der Waals surface area contributed by atoms with Gasteiger partial charge in [-0.2, -0.15) is 0 Å². The number of anilines is 1. The molecule has 3 aliphatic rings. The van der Waals surface area contributed by atoms with Crippen molar-refractivity contribution >= 4 is 46.0 Å². The molecule has 0 saturated carbocycles. The zero-order chi connectivity index (χ0) is 25.0. The number of halogens is 2. The van der Waals surface area contributed by atoms with E-state index >= 15 is 0 Å². The van der Waals surface area contributed by atoms with E-state index in [9.17, 15) is 9.90 Å². The van der Waals surface area contributed by atoms with E-state index in [1.54, 1.807) is 4.90 Å². The van der Waals surface area contributed by atoms with Gasteiger partial charge < -0.3 is 19.6 Å². The van der Waals surface area contributed by atoms with Gasteiger partial charge in [-0.25, -0.2) is 4.79 Å². The number of rotatable bonds is 2. The zero-order valence-electron chi connectivity index (χ0n) is 20.7. The molecule has 5 nitrogen and oxygen atoms in total. The molecule has 1 N–H and O–H groups in total. The monoisotopic (exact) mass is 608 g/mol. The van der Waals surface area contributed by atoms with E-state index in [2.05, 4.69) is 78.6 Å². The van der Waals surface area contributed by atoms with Crippen molar-refractivity contribution in [3.63, 3.8) is 0 Å². The largest absolute Gasteiger partial charge is 0.490 e. The number of fused-ring (bicyclic) bond motifs is 3. The van der Waals surface area contributed by atoms with Crippen LogP contribution in [0.4, 0.5) is 10.5 Å². The van der Waals surface area contributed by atoms with E-state index < -0.39 is 11.6 Å². The lowest BCUT2D eigenvalue weighted by Crippen LogP contribution is -2.62. The van der Waals surface area contributed by atoms with Crippen LogP contribution in [0, 0.1) is 8.99 Å². The van der Waals surface area contributed by atoms with Gasteiger partial charge >= 0.3 is 6.09 Å². The minimum atomic E-state index is -0.821. The highest BCUT2D eigenvalue weighted by molar-refractivity contribution is 14.1. The molecule has 1 aliphatic carbocycles. The maximum Gasteiger partial charge on any atom is 0.407 e. The molecular weight excluding hydrogens is 575 g/mol. The summed E-state index contributed by atoms with van der Waals surface area (Å²) in [5.74, 6) is 0.882. The number of carboxylic acid groups (broad SMARTS) is 1. The number of amides is 1. The minimum Gasteiger partial charge on any atom is -0.490 e. The summed E-state index contributed by atoms with van der Waals surface area (Å²) in [5.41, 5.74) is 2.82. The Morgan fingerprint density at radius 1 is 1.17 bits per heavy atom. The van der Waals surface area contributed by atoms with Crippen LogP contribution >= 0.6 is 34.2 Å². The average molecular weight is 609 g/mol. The van der Waals surface area contributed by atoms with Gasteiger partial charge in [0.2, 0.25) is 0 Å². The van der Waals surface area contributed by atoms with Crippen molar-refractivity contribution in [2.24, 2.45) is 5.41 Å². The minimum absolute atomic E-state index is 0.172. The van der Waals surface area contributed by atoms with Crippen LogP contribution in [0.25, 0.3) is 0 Å². The quantitative estimate of drug-likeness (QED) is 0.374. The molecular formula is C28H34ClIN2O3. The lowest BCUT2D eigenvalue weighted by Gasteiger charge is -2.51. The van der Waals surface area contributed by atoms with Gasteiger partial charge in [0.05, 0.1) is 17.8 Å². The van der Waals surface area contributed by atoms with Gasteiger partial charge in [0.15, 0.2) is 0 Å². The first-order valence-electron chi connectivity index (χ1n) is 12.5. The first-order chi connectivity index (χ1) is 16.5. The summed E-state index contributed by atoms with van der Waals surface area (Å²) >= 11 is 8.74. The van der Waals surface area contributed by atoms with Gasteiger partial charge in [-0.15, -0.1) is 0 Å². The topological polar surface area (TPSA) is 53.0 Å². The highest BCUT2D eigenvalue weighted by Gasteiger charge is 2.54. The molecule has 188 valence electrons. The third-order valence-corrected chi connectivity index (χ3v) is 9.47. The van der Waals surface area contributed by atoms with Crippen LogP contribution in [-0.4, -0.2) is 47.9 Å². The highest BCUT2D eigenvalue weighted by Crippen LogP contribution is 2.49. The van der Waals surface area contributed by atoms with E-state index in [0.29, 0.717) is 19.7 Å². The fourth-order valence-corrected chi connectivity index (χ4v) is 7.39. The number of hydrogen-bond donors (Lipinski definition) is 1. The number of ether oxygens (including phenoxy) is 1. The maximum absolute atomic E-state index is 12.4. The summed E-state index contributed by atoms with van der Waals surface area (Å²) in [6.07, 6.45) is 4.08. The molecule has 0 aromatic heterocycles. The zero-order valence-corrected chi connectivity index (χ0v) is 23.7. The van der Waals surface area contributed by atoms with Crippen molar-refractivity contribution < 1.29 is 14.6 Å². The van der Waals surface area contributed by atoms with Gasteiger partial charge in [-0.3, -0.25) is 0 Å². The van der Waals surface area contributed by atoms with Gasteiger partial charge in [0.1, 0.15) is 5.75 Å². The number of aryl methyl sites for hydroxylation is 1. The van der Waals surface area contributed by atoms with E-state index in [0.717, 1.165) is 58.7 Å². The summed E-state index contributed by atoms with van der Waals surface area (Å²) in [6, 6.07) is 12.7. The molecule has 2 aromatic carbocycles. The van der Waals surface area contributed by atoms with Crippen LogP contribution in [-0.2, 0) is 11.8 Å². The lowest BCUT2D eigenvalue weighted by atomic mass is 9.68. The molecule has 2 aromatic rings. The van der Waals surface area contributed by atoms with Crippen molar-refractivity contribution in [3.8, 4) is 5.75 Å². The van der Waals surface area contributed by atoms with Gasteiger partial charge in [0.25, 0.3) is 0 Å². The second-order valence-electron chi connectivity index (χ2n) is 11.5. The van der Waals surface area contributed by atoms with E-state index in [1.807, 2.05) is 6.07 Å². The van der Waals surface area contributed by atoms with Crippen LogP contribution in [0.3, 0.4) is 0 Å². The maximum atomic E-state index is 12.4. The van der Waals surface area contributed by atoms with Crippen LogP contribution in [0.5, 0.6) is 5.75 Å². The van der Waals surface area contributed by atoms with Crippen LogP contribution < -0.4 is 9.64 Å². The Morgan fingerprint density at radius 2 is 1.97 bits per heavy atom. The van der Waals surface area contributed by atoms with Crippen molar-refractivity contribution in [2.45, 2.75) is 63.8 Å². The van der Waals surface area contributed by atoms with Gasteiger partial charge in [0, 0.05) is 33.6 Å². The van der Waals surface area contributed by atoms with Crippen molar-refractivity contribution in [1.82, 2.24) is 4.90 Å². The van der Waals surface area contributed by atoms with Gasteiger partial charge in [-0.05, 0) is 102 Å². The van der Waals surface area contributed by atoms with Crippen molar-refractivity contribution in [1.29, 1.82) is 0 Å². The number of carbonyl (C=O) groups is 1. The smallest absolute Gasteiger partial charge is 0.407 e. The Balaban J connectivity index is 1.63. The fraction of sp³-hybridized carbons (Fsp3) is 0.536. The van der Waals surface area contributed by atoms with E-state index in [-0.39, 0.29) is 10.8 Å². The first-order valence-corrected chi connectivity index (χ1v) is 14.0. The molecule has 5 rings (SSSR count). The molecule has 2 heterocycles. The van der Waals surface area contributed by atoms with Gasteiger partial charge in [-0.1, -0.05) is 38.4 Å². The molecule has 0 bridgehead atoms. The molecule has 35 heavy (non-hydrogen) atoms. The third-order valence-electron chi connectivity index (χ3n) is 8.57. The molecule has 1 spiro atoms. The summed E-state index contributed by atoms with van der Waals surface area (Å²) in [6.45, 7) is 9.19. The fourth-order valence-electron chi connectivity index (χ4n) is 6.72. The predicted octanol–water partition coefficient (Wildman–Crippen LogP) is 6.98. The molecule has 7 heteroatoms. The van der Waals surface area contributed by atoms with Crippen LogP contribution in [0.2, 0.25) is 5.02 Å². The molecule has 0 unspecified atom stereocenters. The summed E-state index contributed by atoms with van der Waals surface area (Å²) < 4.78 is 7.71. The van der Waals surface area contributed by atoms with Crippen LogP contribution in [0.15, 0.2) is 36.4 Å². The molecule has 2 aliphatic heterocycles. The van der Waals surface area contributed by atoms with E-state index in [1.165, 1.54) is 11.1 Å². The third kappa shape index (κ3) is 4.28. The summed E-state index contributed by atoms with van der Waals surface area (Å²) in [7, 11) is 0. The Labute approximate surface area is 226 Å². The summed E-state index contributed by atoms with van der Waals surface area (Å²) in [4.78, 5) is 16.6. The Hall–Kier alpha value is -1.67. The van der Waals surface area contributed by atoms with Crippen molar-refractivity contribution in [2.75, 3.05) is 31.1 Å². The number of benzene rings is 2. The van der Waals surface area contributed by atoms with Crippen LogP contribution in [0.1, 0.15) is 57.6 Å². The first kappa shape index (κ1) is 25.0.